The molecule has 4 atom stereocenters. The van der Waals surface area contributed by atoms with Gasteiger partial charge in [-0.25, -0.2) is 0 Å². The van der Waals surface area contributed by atoms with Crippen molar-refractivity contribution in [3.63, 3.8) is 0 Å². The van der Waals surface area contributed by atoms with Crippen molar-refractivity contribution in [2.24, 2.45) is 11.8 Å². The molecule has 1 heterocycles. The summed E-state index contributed by atoms with van der Waals surface area (Å²) in [6, 6.07) is -4.20. The second-order valence-electron chi connectivity index (χ2n) is 7.91. The molecule has 1 aliphatic rings. The second kappa shape index (κ2) is 10.2. The second-order valence-corrected chi connectivity index (χ2v) is 7.91. The fraction of sp³-hybridized carbons (Fsp3) is 0.824. The molecule has 0 aliphatic carbocycles. The first kappa shape index (κ1) is 28.5. The Balaban J connectivity index is 0.00000841. The molecule has 0 radical (unpaired) electrons. The summed E-state index contributed by atoms with van der Waals surface area (Å²) in [6.45, 7) is 5.61. The Morgan fingerprint density at radius 2 is 1.57 bits per heavy atom. The molecule has 1 aliphatic heterocycles. The minimum Gasteiger partial charge on any atom is -1.00 e. The zero-order chi connectivity index (χ0) is 22.9. The molecule has 2 amide bonds. The van der Waals surface area contributed by atoms with Gasteiger partial charge >= 0.3 is 12.1 Å². The number of Topliss-reactive ketones (excluding diaryl/α,β-unsaturated/α-hetero) is 1. The van der Waals surface area contributed by atoms with Gasteiger partial charge in [0, 0.05) is 18.9 Å². The third kappa shape index (κ3) is 6.01. The molecule has 176 valence electrons. The highest BCUT2D eigenvalue weighted by Crippen LogP contribution is 2.37. The van der Waals surface area contributed by atoms with Crippen LogP contribution >= 0.6 is 0 Å². The van der Waals surface area contributed by atoms with Gasteiger partial charge in [-0.15, -0.1) is 0 Å². The van der Waals surface area contributed by atoms with Crippen molar-refractivity contribution in [2.75, 3.05) is 6.54 Å². The maximum absolute atomic E-state index is 13.5. The molecule has 0 spiro atoms. The molecule has 0 bridgehead atoms. The van der Waals surface area contributed by atoms with Crippen molar-refractivity contribution in [3.05, 3.63) is 0 Å². The van der Waals surface area contributed by atoms with Gasteiger partial charge in [-0.2, -0.15) is 22.0 Å². The van der Waals surface area contributed by atoms with Crippen LogP contribution in [0.3, 0.4) is 0 Å². The fourth-order valence-electron chi connectivity index (χ4n) is 2.92. The Morgan fingerprint density at radius 3 is 1.97 bits per heavy atom. The Labute approximate surface area is 176 Å². The molecule has 1 fully saturated rings. The normalized spacial score (nSPS) is 22.0. The third-order valence-corrected chi connectivity index (χ3v) is 4.90. The number of amides is 2. The van der Waals surface area contributed by atoms with Crippen LogP contribution in [0.15, 0.2) is 0 Å². The lowest BCUT2D eigenvalue weighted by Gasteiger charge is -2.30. The van der Waals surface area contributed by atoms with Crippen molar-refractivity contribution in [1.29, 1.82) is 0 Å². The monoisotopic (exact) mass is 467 g/mol. The maximum Gasteiger partial charge on any atom is 0.461 e. The Morgan fingerprint density at radius 1 is 1.07 bits per heavy atom. The minimum atomic E-state index is -6.11. The average Bonchev–Trinajstić information content (AvgIpc) is 2.97. The van der Waals surface area contributed by atoms with Crippen LogP contribution < -0.4 is 23.5 Å². The molecule has 1 unspecified atom stereocenters. The number of nitrogens with one attached hydrogen (secondary N) is 1. The maximum atomic E-state index is 13.5. The van der Waals surface area contributed by atoms with Gasteiger partial charge in [0.2, 0.25) is 11.7 Å². The van der Waals surface area contributed by atoms with E-state index in [2.05, 4.69) is 5.73 Å². The van der Waals surface area contributed by atoms with Crippen LogP contribution in [-0.4, -0.2) is 70.5 Å². The lowest BCUT2D eigenvalue weighted by atomic mass is 9.95. The van der Waals surface area contributed by atoms with E-state index in [1.54, 1.807) is 13.8 Å². The number of aliphatic hydroxyl groups excluding tert-OH is 1. The van der Waals surface area contributed by atoms with Crippen molar-refractivity contribution >= 4 is 17.6 Å². The van der Waals surface area contributed by atoms with Crippen molar-refractivity contribution in [2.45, 2.75) is 70.4 Å². The summed E-state index contributed by atoms with van der Waals surface area (Å²) in [5, 5.41) is 11.8. The predicted octanol–water partition coefficient (Wildman–Crippen LogP) is -2.87. The summed E-state index contributed by atoms with van der Waals surface area (Å²) >= 11 is 0. The first-order valence-corrected chi connectivity index (χ1v) is 9.13. The summed E-state index contributed by atoms with van der Waals surface area (Å²) < 4.78 is 64.6. The predicted molar refractivity (Wildman–Crippen MR) is 90.4 cm³/mol. The molecule has 1 saturated heterocycles. The van der Waals surface area contributed by atoms with Crippen molar-refractivity contribution < 1.29 is 59.6 Å². The number of carbonyl (C=O) groups is 3. The average molecular weight is 468 g/mol. The third-order valence-electron chi connectivity index (χ3n) is 4.90. The molecular formula is C17H27ClF5N3O4. The van der Waals surface area contributed by atoms with Crippen LogP contribution in [-0.2, 0) is 14.4 Å². The van der Waals surface area contributed by atoms with E-state index in [9.17, 15) is 41.4 Å². The number of rotatable bonds is 7. The van der Waals surface area contributed by atoms with Crippen LogP contribution in [0.1, 0.15) is 34.1 Å². The van der Waals surface area contributed by atoms with Gasteiger partial charge in [0.1, 0.15) is 6.04 Å². The smallest absolute Gasteiger partial charge is 0.461 e. The van der Waals surface area contributed by atoms with E-state index >= 15 is 0 Å². The number of hydrogen-bond donors (Lipinski definition) is 3. The molecule has 0 aromatic carbocycles. The Kier molecular flexibility index (Phi) is 9.67. The zero-order valence-corrected chi connectivity index (χ0v) is 17.7. The number of alkyl halides is 5. The largest absolute Gasteiger partial charge is 1.00 e. The molecule has 5 N–H and O–H groups in total. The van der Waals surface area contributed by atoms with Crippen LogP contribution in [0.4, 0.5) is 22.0 Å². The van der Waals surface area contributed by atoms with E-state index in [1.165, 1.54) is 13.8 Å². The SMILES string of the molecule is CC(C)C(NC(=O)[C@@H]1C[C@@H](O)CN1C(=O)[C@@H]([NH3+])C(C)C)C(=O)C(F)(F)C(F)(F)F.[Cl-]. The number of nitrogens with zero attached hydrogens (tertiary/aromatic N) is 1. The summed E-state index contributed by atoms with van der Waals surface area (Å²) in [4.78, 5) is 38.0. The number of quaternary nitrogens is 1. The highest BCUT2D eigenvalue weighted by atomic mass is 35.5. The first-order valence-electron chi connectivity index (χ1n) is 9.13. The highest BCUT2D eigenvalue weighted by molar-refractivity contribution is 5.97. The zero-order valence-electron chi connectivity index (χ0n) is 17.0. The number of likely N-dealkylation sites (tertiary alicyclic amines) is 1. The lowest BCUT2D eigenvalue weighted by molar-refractivity contribution is -0.416. The van der Waals surface area contributed by atoms with Crippen LogP contribution in [0, 0.1) is 11.8 Å². The van der Waals surface area contributed by atoms with Gasteiger partial charge < -0.3 is 33.5 Å². The van der Waals surface area contributed by atoms with Crippen LogP contribution in [0.25, 0.3) is 0 Å². The number of aliphatic hydroxyl groups is 1. The van der Waals surface area contributed by atoms with E-state index in [4.69, 9.17) is 0 Å². The number of hydrogen-bond acceptors (Lipinski definition) is 4. The number of ketones is 1. The van der Waals surface area contributed by atoms with Crippen molar-refractivity contribution in [3.8, 4) is 0 Å². The minimum absolute atomic E-state index is 0. The molecular weight excluding hydrogens is 441 g/mol. The molecule has 0 aromatic rings. The first-order chi connectivity index (χ1) is 13.0. The Hall–Kier alpha value is -1.53. The number of β-amino-alcohol motifs (C(OH)–C–C–N with tert-alkyl or cyclic N) is 1. The van der Waals surface area contributed by atoms with Gasteiger partial charge in [-0.05, 0) is 5.92 Å². The van der Waals surface area contributed by atoms with E-state index in [0.29, 0.717) is 0 Å². The van der Waals surface area contributed by atoms with E-state index in [-0.39, 0.29) is 31.3 Å². The van der Waals surface area contributed by atoms with E-state index in [0.717, 1.165) is 4.90 Å². The molecule has 30 heavy (non-hydrogen) atoms. The summed E-state index contributed by atoms with van der Waals surface area (Å²) in [5.74, 6) is -11.1. The number of halogens is 6. The van der Waals surface area contributed by atoms with Crippen LogP contribution in [0.2, 0.25) is 0 Å². The van der Waals surface area contributed by atoms with Gasteiger partial charge in [0.15, 0.2) is 6.04 Å². The topological polar surface area (TPSA) is 114 Å². The van der Waals surface area contributed by atoms with Gasteiger partial charge in [0.25, 0.3) is 5.91 Å². The fourth-order valence-corrected chi connectivity index (χ4v) is 2.92. The highest BCUT2D eigenvalue weighted by Gasteiger charge is 2.64. The summed E-state index contributed by atoms with van der Waals surface area (Å²) in [7, 11) is 0. The standard InChI is InChI=1S/C17H26F5N3O4.ClH/c1-7(2)11(23)15(29)25-6-9(26)5-10(25)14(28)24-12(8(3)4)13(27)16(18,19)17(20,21)22;/h7-12,26H,5-6,23H2,1-4H3,(H,24,28);1H/t9-,10+,11+,12?;/m1./s1. The van der Waals surface area contributed by atoms with Gasteiger partial charge in [-0.3, -0.25) is 14.4 Å². The van der Waals surface area contributed by atoms with E-state index in [1.807, 2.05) is 5.32 Å². The van der Waals surface area contributed by atoms with Crippen molar-refractivity contribution in [1.82, 2.24) is 10.2 Å². The summed E-state index contributed by atoms with van der Waals surface area (Å²) in [6.07, 6.45) is -7.43. The molecule has 0 saturated carbocycles. The Bertz CT molecular complexity index is 645. The van der Waals surface area contributed by atoms with Gasteiger partial charge in [0.05, 0.1) is 12.1 Å². The van der Waals surface area contributed by atoms with Gasteiger partial charge in [-0.1, -0.05) is 27.7 Å². The molecule has 1 rings (SSSR count). The number of carbonyl (C=O) groups excluding carboxylic acids is 3. The van der Waals surface area contributed by atoms with Crippen LogP contribution in [0.5, 0.6) is 0 Å². The quantitative estimate of drug-likeness (QED) is 0.349. The summed E-state index contributed by atoms with van der Waals surface area (Å²) in [5.41, 5.74) is 3.69. The molecule has 7 nitrogen and oxygen atoms in total. The lowest BCUT2D eigenvalue weighted by Crippen LogP contribution is -3.00. The molecule has 0 aromatic heterocycles. The van der Waals surface area contributed by atoms with E-state index < -0.39 is 59.8 Å². The molecule has 13 heteroatoms.